The van der Waals surface area contributed by atoms with Crippen molar-refractivity contribution < 1.29 is 80.4 Å². The number of aromatic nitrogens is 11. The second-order valence-electron chi connectivity index (χ2n) is 30.3. The van der Waals surface area contributed by atoms with Crippen LogP contribution in [-0.2, 0) is 86.8 Å². The number of rotatable bonds is 14. The van der Waals surface area contributed by atoms with Crippen molar-refractivity contribution in [1.29, 1.82) is 0 Å². The van der Waals surface area contributed by atoms with Crippen LogP contribution in [0.4, 0.5) is 0 Å². The molecule has 0 N–H and O–H groups in total. The van der Waals surface area contributed by atoms with E-state index in [-0.39, 0.29) is 80.4 Å². The van der Waals surface area contributed by atoms with Crippen molar-refractivity contribution >= 4 is 0 Å². The third-order valence-electron chi connectivity index (χ3n) is 20.0. The van der Waals surface area contributed by atoms with Gasteiger partial charge in [-0.2, -0.15) is 0 Å². The van der Waals surface area contributed by atoms with Crippen LogP contribution in [0.1, 0.15) is 66.0 Å². The van der Waals surface area contributed by atoms with Crippen molar-refractivity contribution in [2.45, 2.75) is 67.7 Å². The largest absolute Gasteiger partial charge is 0.305 e. The van der Waals surface area contributed by atoms with E-state index in [0.717, 1.165) is 147 Å². The van der Waals surface area contributed by atoms with Gasteiger partial charge in [0, 0.05) is 147 Å². The Balaban J connectivity index is 0.000000172. The van der Waals surface area contributed by atoms with E-state index in [1.807, 2.05) is 381 Å². The molecule has 0 unspecified atom stereocenters. The Labute approximate surface area is 844 Å². The maximum Gasteiger partial charge on any atom is 0.0698 e. The van der Waals surface area contributed by atoms with Gasteiger partial charge in [0.05, 0.1) is 17.1 Å². The maximum absolute atomic E-state index is 4.74. The van der Waals surface area contributed by atoms with Crippen LogP contribution in [0.2, 0.25) is 0 Å². The van der Waals surface area contributed by atoms with Crippen LogP contribution in [0, 0.1) is 83.1 Å². The van der Waals surface area contributed by atoms with E-state index < -0.39 is 0 Å². The van der Waals surface area contributed by atoms with Crippen molar-refractivity contribution in [2.24, 2.45) is 0 Å². The monoisotopic (exact) mass is 2450 g/mol. The van der Waals surface area contributed by atoms with Crippen LogP contribution in [-0.4, -0.2) is 54.8 Å². The van der Waals surface area contributed by atoms with Gasteiger partial charge < -0.3 is 39.9 Å². The van der Waals surface area contributed by atoms with Gasteiger partial charge in [-0.3, -0.25) is 15.0 Å². The Bertz CT molecular complexity index is 6350. The summed E-state index contributed by atoms with van der Waals surface area (Å²) in [6, 6.07) is 150. The third kappa shape index (κ3) is 32.9. The number of nitrogens with zero attached hydrogens (tertiary/aromatic N) is 11. The molecule has 15 heteroatoms. The minimum atomic E-state index is 0. The fourth-order valence-electron chi connectivity index (χ4n) is 13.0. The molecule has 0 aliphatic carbocycles. The van der Waals surface area contributed by atoms with E-state index in [0.29, 0.717) is 5.92 Å². The third-order valence-corrected chi connectivity index (χ3v) is 20.0. The molecule has 4 radical (unpaired) electrons. The summed E-state index contributed by atoms with van der Waals surface area (Å²) in [5, 5.41) is 0. The molecule has 20 rings (SSSR count). The molecule has 0 aliphatic rings. The second kappa shape index (κ2) is 56.2. The molecule has 0 saturated carbocycles. The zero-order valence-electron chi connectivity index (χ0n) is 75.5. The Morgan fingerprint density at radius 3 is 0.761 bits per heavy atom. The summed E-state index contributed by atoms with van der Waals surface area (Å²) < 4.78 is 0. The molecule has 0 fully saturated rings. The average molecular weight is 2450 g/mol. The normalized spacial score (nSPS) is 9.95. The van der Waals surface area contributed by atoms with Gasteiger partial charge in [-0.1, -0.05) is 142 Å². The first-order valence-corrected chi connectivity index (χ1v) is 43.1. The molecule has 134 heavy (non-hydrogen) atoms. The van der Waals surface area contributed by atoms with Gasteiger partial charge in [0.2, 0.25) is 0 Å². The van der Waals surface area contributed by atoms with Gasteiger partial charge in [0.25, 0.3) is 0 Å². The number of pyridine rings is 11. The van der Waals surface area contributed by atoms with E-state index in [2.05, 4.69) is 198 Å². The van der Waals surface area contributed by atoms with Crippen LogP contribution < -0.4 is 0 Å². The minimum absolute atomic E-state index is 0. The van der Waals surface area contributed by atoms with Gasteiger partial charge in [-0.15, -0.1) is 287 Å². The fraction of sp³-hybridized carbons (Fsp3) is 0.0840. The zero-order valence-corrected chi connectivity index (χ0v) is 85.0. The molecule has 0 aliphatic heterocycles. The van der Waals surface area contributed by atoms with Crippen LogP contribution in [0.5, 0.6) is 0 Å². The molecular weight excluding hydrogens is 2350 g/mol. The van der Waals surface area contributed by atoms with Crippen LogP contribution in [0.3, 0.4) is 0 Å². The Morgan fingerprint density at radius 2 is 0.485 bits per heavy atom. The molecule has 11 nitrogen and oxygen atoms in total. The molecular formula is C119H97Ir4N11-8. The van der Waals surface area contributed by atoms with E-state index in [1.54, 1.807) is 0 Å². The summed E-state index contributed by atoms with van der Waals surface area (Å²) in [6.45, 7) is 16.6. The van der Waals surface area contributed by atoms with E-state index in [4.69, 9.17) is 4.98 Å². The van der Waals surface area contributed by atoms with Gasteiger partial charge in [-0.05, 0) is 203 Å². The molecule has 672 valence electrons. The number of hydrogen-bond acceptors (Lipinski definition) is 11. The molecule has 11 heterocycles. The predicted molar refractivity (Wildman–Crippen MR) is 530 cm³/mol. The quantitative estimate of drug-likeness (QED) is 0.0960. The molecule has 0 bridgehead atoms. The van der Waals surface area contributed by atoms with Crippen molar-refractivity contribution in [3.63, 3.8) is 0 Å². The van der Waals surface area contributed by atoms with Crippen molar-refractivity contribution in [2.75, 3.05) is 0 Å². The smallest absolute Gasteiger partial charge is 0.0698 e. The van der Waals surface area contributed by atoms with E-state index in [9.17, 15) is 0 Å². The number of benzene rings is 9. The summed E-state index contributed by atoms with van der Waals surface area (Å²) in [7, 11) is 0. The minimum Gasteiger partial charge on any atom is -0.305 e. The van der Waals surface area contributed by atoms with Crippen molar-refractivity contribution in [3.05, 3.63) is 514 Å². The molecule has 0 spiro atoms. The maximum atomic E-state index is 4.74. The molecule has 9 aromatic carbocycles. The standard InChI is InChI=1S/C19H17N2.C18H15N2.C17H13N2.C17H12N.4C12H10N.4Ir/c1-14(2)17-9-6-10-18(21-17)16-11-12-20-19(13-16)15-7-4-3-5-8-15;1-2-16-9-6-10-17(20-16)15-11-12-19-18(13-15)14-7-4-3-5-8-14;1-13-6-5-9-16(19-13)15-10-11-18-17(12-15)14-7-3-2-4-8-14;1-3-7-14(8-4-1)16-11-12-18-17(13-16)15-9-5-2-6-10-15;4*1-10-7-8-12(13-9-10)11-5-3-2-4-6-11;;;;/h3-7,9-14H,1-2H3;3-7,9-13H,2H2,1H3;2-7,9-12H,1H3;1-9,11-13H;4*2-5,7-9H,1H3;;;;/q8*-1;;;;. The Hall–Kier alpha value is -13.8. The van der Waals surface area contributed by atoms with Crippen LogP contribution >= 0.6 is 0 Å². The van der Waals surface area contributed by atoms with Gasteiger partial charge in [0.15, 0.2) is 0 Å². The van der Waals surface area contributed by atoms with E-state index in [1.165, 1.54) is 33.4 Å². The summed E-state index contributed by atoms with van der Waals surface area (Å²) in [5.41, 5.74) is 32.4. The molecule has 20 aromatic rings. The summed E-state index contributed by atoms with van der Waals surface area (Å²) >= 11 is 0. The number of aryl methyl sites for hydroxylation is 6. The Kier molecular flexibility index (Phi) is 43.6. The van der Waals surface area contributed by atoms with E-state index >= 15 is 0 Å². The molecule has 11 aromatic heterocycles. The predicted octanol–water partition coefficient (Wildman–Crippen LogP) is 28.5. The number of hydrogen-bond donors (Lipinski definition) is 0. The topological polar surface area (TPSA) is 142 Å². The zero-order chi connectivity index (χ0) is 90.1. The first-order chi connectivity index (χ1) is 63.8. The summed E-state index contributed by atoms with van der Waals surface area (Å²) in [6.07, 6.45) is 15.7. The van der Waals surface area contributed by atoms with Gasteiger partial charge >= 0.3 is 0 Å². The second-order valence-corrected chi connectivity index (χ2v) is 30.3. The van der Waals surface area contributed by atoms with Crippen molar-refractivity contribution in [3.8, 4) is 135 Å². The van der Waals surface area contributed by atoms with Crippen LogP contribution in [0.25, 0.3) is 135 Å². The molecule has 0 saturated heterocycles. The average Bonchev–Trinajstić information content (AvgIpc) is 0.819. The van der Waals surface area contributed by atoms with Crippen LogP contribution in [0.15, 0.2) is 426 Å². The SMILES string of the molecule is CC(C)c1cccc(-c2ccnc(-c3[c-]cccc3)c2)n1.CCc1cccc(-c2ccnc(-c3[c-]cccc3)c2)n1.Cc1ccc(-c2[c-]cccc2)nc1.Cc1ccc(-c2[c-]cccc2)nc1.Cc1ccc(-c2[c-]cccc2)nc1.Cc1ccc(-c2[c-]cccc2)nc1.Cc1cccc(-c2ccnc(-c3[c-]cccc3)c2)n1.[Ir].[Ir].[Ir].[Ir].[c-]1ccccc1-c1cc(-c2ccccc2)ccn1. The fourth-order valence-corrected chi connectivity index (χ4v) is 13.0. The van der Waals surface area contributed by atoms with Gasteiger partial charge in [0.1, 0.15) is 0 Å². The Morgan fingerprint density at radius 1 is 0.216 bits per heavy atom. The van der Waals surface area contributed by atoms with Crippen molar-refractivity contribution in [1.82, 2.24) is 54.8 Å². The summed E-state index contributed by atoms with van der Waals surface area (Å²) in [5.74, 6) is 0.425. The first-order valence-electron chi connectivity index (χ1n) is 43.1. The molecule has 0 amide bonds. The van der Waals surface area contributed by atoms with Gasteiger partial charge in [-0.25, -0.2) is 0 Å². The first kappa shape index (κ1) is 104. The summed E-state index contributed by atoms with van der Waals surface area (Å²) in [4.78, 5) is 48.9. The molecule has 0 atom stereocenters.